The summed E-state index contributed by atoms with van der Waals surface area (Å²) in [6.45, 7) is 1.99. The molecule has 2 heterocycles. The predicted octanol–water partition coefficient (Wildman–Crippen LogP) is 3.47. The Balaban J connectivity index is 2.14. The number of hydrogen-bond acceptors (Lipinski definition) is 1. The average molecular weight is 259 g/mol. The number of aromatic amines is 1. The van der Waals surface area contributed by atoms with Crippen molar-refractivity contribution >= 4 is 34.8 Å². The maximum absolute atomic E-state index is 11.9. The van der Waals surface area contributed by atoms with E-state index in [1.54, 1.807) is 12.1 Å². The van der Waals surface area contributed by atoms with Crippen molar-refractivity contribution in [2.24, 2.45) is 0 Å². The zero-order valence-electron chi connectivity index (χ0n) is 9.75. The predicted molar refractivity (Wildman–Crippen MR) is 73.5 cm³/mol. The van der Waals surface area contributed by atoms with Gasteiger partial charge in [-0.2, -0.15) is 0 Å². The van der Waals surface area contributed by atoms with E-state index in [0.29, 0.717) is 10.6 Å². The van der Waals surface area contributed by atoms with E-state index in [2.05, 4.69) is 10.3 Å². The van der Waals surface area contributed by atoms with Crippen LogP contribution in [-0.4, -0.2) is 10.9 Å². The second kappa shape index (κ2) is 4.03. The molecule has 1 amide bonds. The van der Waals surface area contributed by atoms with Crippen molar-refractivity contribution in [1.29, 1.82) is 0 Å². The summed E-state index contributed by atoms with van der Waals surface area (Å²) in [5, 5.41) is 3.45. The van der Waals surface area contributed by atoms with Crippen LogP contribution < -0.4 is 5.32 Å². The molecule has 0 atom stereocenters. The Morgan fingerprint density at radius 1 is 1.28 bits per heavy atom. The number of carbonyl (C=O) groups is 1. The lowest BCUT2D eigenvalue weighted by Gasteiger charge is -1.99. The summed E-state index contributed by atoms with van der Waals surface area (Å²) in [6.07, 6.45) is 3.71. The second-order valence-corrected chi connectivity index (χ2v) is 4.71. The third kappa shape index (κ3) is 1.73. The Kier molecular flexibility index (Phi) is 2.49. The van der Waals surface area contributed by atoms with Crippen LogP contribution in [0.4, 0.5) is 5.69 Å². The van der Waals surface area contributed by atoms with Crippen LogP contribution in [0.15, 0.2) is 30.5 Å². The lowest BCUT2D eigenvalue weighted by atomic mass is 10.1. The van der Waals surface area contributed by atoms with E-state index in [9.17, 15) is 4.79 Å². The van der Waals surface area contributed by atoms with Gasteiger partial charge >= 0.3 is 0 Å². The van der Waals surface area contributed by atoms with E-state index < -0.39 is 0 Å². The molecule has 0 fully saturated rings. The molecule has 1 aromatic carbocycles. The smallest absolute Gasteiger partial charge is 0.256 e. The van der Waals surface area contributed by atoms with E-state index in [1.807, 2.05) is 31.3 Å². The molecule has 0 spiro atoms. The van der Waals surface area contributed by atoms with Crippen molar-refractivity contribution < 1.29 is 4.79 Å². The second-order valence-electron chi connectivity index (χ2n) is 4.28. The van der Waals surface area contributed by atoms with Crippen LogP contribution in [0.5, 0.6) is 0 Å². The summed E-state index contributed by atoms with van der Waals surface area (Å²) in [4.78, 5) is 15.1. The Bertz CT molecular complexity index is 670. The van der Waals surface area contributed by atoms with Crippen molar-refractivity contribution in [2.45, 2.75) is 6.92 Å². The van der Waals surface area contributed by atoms with Gasteiger partial charge in [-0.25, -0.2) is 0 Å². The first kappa shape index (κ1) is 11.1. The van der Waals surface area contributed by atoms with Crippen molar-refractivity contribution in [2.75, 3.05) is 5.32 Å². The zero-order valence-corrected chi connectivity index (χ0v) is 10.5. The molecular weight excluding hydrogens is 248 g/mol. The number of hydrogen-bond donors (Lipinski definition) is 2. The molecule has 2 N–H and O–H groups in total. The molecule has 18 heavy (non-hydrogen) atoms. The van der Waals surface area contributed by atoms with Gasteiger partial charge in [-0.3, -0.25) is 4.79 Å². The largest absolute Gasteiger partial charge is 0.361 e. The highest BCUT2D eigenvalue weighted by Gasteiger charge is 2.24. The monoisotopic (exact) mass is 258 g/mol. The fourth-order valence-electron chi connectivity index (χ4n) is 2.06. The number of amides is 1. The first-order chi connectivity index (χ1) is 8.65. The van der Waals surface area contributed by atoms with Crippen molar-refractivity contribution in [3.8, 4) is 0 Å². The van der Waals surface area contributed by atoms with Gasteiger partial charge in [0.2, 0.25) is 0 Å². The van der Waals surface area contributed by atoms with Crippen molar-refractivity contribution in [3.05, 3.63) is 52.3 Å². The molecule has 1 aliphatic rings. The fraction of sp³-hybridized carbons (Fsp3) is 0.0714. The molecule has 0 saturated carbocycles. The van der Waals surface area contributed by atoms with Crippen LogP contribution in [0.1, 0.15) is 16.8 Å². The van der Waals surface area contributed by atoms with Crippen molar-refractivity contribution in [3.63, 3.8) is 0 Å². The van der Waals surface area contributed by atoms with Gasteiger partial charge in [0.25, 0.3) is 5.91 Å². The molecule has 1 aliphatic heterocycles. The highest BCUT2D eigenvalue weighted by atomic mass is 35.5. The minimum Gasteiger partial charge on any atom is -0.361 e. The van der Waals surface area contributed by atoms with Gasteiger partial charge in [-0.1, -0.05) is 11.6 Å². The summed E-state index contributed by atoms with van der Waals surface area (Å²) in [7, 11) is 0. The molecule has 1 aromatic heterocycles. The van der Waals surface area contributed by atoms with Gasteiger partial charge in [-0.05, 0) is 42.8 Å². The lowest BCUT2D eigenvalue weighted by Crippen LogP contribution is -2.03. The molecule has 0 saturated heterocycles. The summed E-state index contributed by atoms with van der Waals surface area (Å²) < 4.78 is 0. The number of nitrogens with one attached hydrogen (secondary N) is 2. The third-order valence-corrected chi connectivity index (χ3v) is 3.29. The summed E-state index contributed by atoms with van der Waals surface area (Å²) >= 11 is 5.98. The Hall–Kier alpha value is -2.00. The third-order valence-electron chi connectivity index (χ3n) is 3.05. The van der Waals surface area contributed by atoms with Gasteiger partial charge in [0.1, 0.15) is 0 Å². The highest BCUT2D eigenvalue weighted by Crippen LogP contribution is 2.34. The van der Waals surface area contributed by atoms with Crippen LogP contribution in [0, 0.1) is 6.92 Å². The fourth-order valence-corrected chi connectivity index (χ4v) is 2.24. The number of benzene rings is 1. The molecular formula is C14H11ClN2O. The van der Waals surface area contributed by atoms with Crippen LogP contribution >= 0.6 is 11.6 Å². The molecule has 90 valence electrons. The highest BCUT2D eigenvalue weighted by molar-refractivity contribution is 6.36. The van der Waals surface area contributed by atoms with E-state index in [1.165, 1.54) is 0 Å². The van der Waals surface area contributed by atoms with Gasteiger partial charge < -0.3 is 10.3 Å². The molecule has 3 rings (SSSR count). The van der Waals surface area contributed by atoms with Crippen LogP contribution in [-0.2, 0) is 4.79 Å². The molecule has 4 heteroatoms. The number of fused-ring (bicyclic) bond motifs is 1. The van der Waals surface area contributed by atoms with E-state index in [-0.39, 0.29) is 5.91 Å². The summed E-state index contributed by atoms with van der Waals surface area (Å²) in [6, 6.07) is 7.36. The standard InChI is InChI=1S/C14H11ClN2O/c1-8-4-5-16-13(8)7-11-10-6-9(15)2-3-12(10)17-14(11)18/h2-7,16H,1H3,(H,17,18)/b11-7-. The summed E-state index contributed by atoms with van der Waals surface area (Å²) in [5.41, 5.74) is 4.33. The van der Waals surface area contributed by atoms with Crippen molar-refractivity contribution in [1.82, 2.24) is 4.98 Å². The van der Waals surface area contributed by atoms with Gasteiger partial charge in [0.05, 0.1) is 5.57 Å². The normalized spacial score (nSPS) is 15.9. The minimum atomic E-state index is -0.0960. The molecule has 0 aliphatic carbocycles. The van der Waals surface area contributed by atoms with E-state index in [4.69, 9.17) is 11.6 Å². The first-order valence-electron chi connectivity index (χ1n) is 5.62. The molecule has 0 radical (unpaired) electrons. The molecule has 0 unspecified atom stereocenters. The van der Waals surface area contributed by atoms with Gasteiger partial charge in [-0.15, -0.1) is 0 Å². The molecule has 3 nitrogen and oxygen atoms in total. The summed E-state index contributed by atoms with van der Waals surface area (Å²) in [5.74, 6) is -0.0960. The maximum atomic E-state index is 11.9. The molecule has 2 aromatic rings. The van der Waals surface area contributed by atoms with Crippen LogP contribution in [0.2, 0.25) is 5.02 Å². The average Bonchev–Trinajstić information content (AvgIpc) is 2.86. The number of H-pyrrole nitrogens is 1. The minimum absolute atomic E-state index is 0.0960. The quantitative estimate of drug-likeness (QED) is 0.756. The van der Waals surface area contributed by atoms with Crippen LogP contribution in [0.3, 0.4) is 0 Å². The van der Waals surface area contributed by atoms with E-state index >= 15 is 0 Å². The SMILES string of the molecule is Cc1cc[nH]c1/C=C1\C(=O)Nc2ccc(Cl)cc21. The Labute approximate surface area is 109 Å². The number of halogens is 1. The topological polar surface area (TPSA) is 44.9 Å². The van der Waals surface area contributed by atoms with Crippen LogP contribution in [0.25, 0.3) is 11.6 Å². The number of anilines is 1. The first-order valence-corrected chi connectivity index (χ1v) is 6.00. The van der Waals surface area contributed by atoms with Gasteiger partial charge in [0.15, 0.2) is 0 Å². The van der Waals surface area contributed by atoms with Gasteiger partial charge in [0, 0.05) is 28.2 Å². The Morgan fingerprint density at radius 2 is 2.11 bits per heavy atom. The maximum Gasteiger partial charge on any atom is 0.256 e. The number of aryl methyl sites for hydroxylation is 1. The Morgan fingerprint density at radius 3 is 2.83 bits per heavy atom. The molecule has 0 bridgehead atoms. The number of rotatable bonds is 1. The number of aromatic nitrogens is 1. The lowest BCUT2D eigenvalue weighted by molar-refractivity contribution is -0.110. The van der Waals surface area contributed by atoms with E-state index in [0.717, 1.165) is 22.5 Å². The number of carbonyl (C=O) groups excluding carboxylic acids is 1. The zero-order chi connectivity index (χ0) is 12.7.